The third kappa shape index (κ3) is 3.12. The molecule has 1 heterocycles. The molecule has 1 saturated heterocycles. The maximum atomic E-state index is 12.7. The summed E-state index contributed by atoms with van der Waals surface area (Å²) in [4.78, 5) is 11.0. The van der Waals surface area contributed by atoms with Crippen LogP contribution in [0.3, 0.4) is 0 Å². The highest BCUT2D eigenvalue weighted by molar-refractivity contribution is 5.73. The van der Waals surface area contributed by atoms with Crippen LogP contribution in [-0.2, 0) is 19.0 Å². The highest BCUT2D eigenvalue weighted by Crippen LogP contribution is 2.24. The standard InChI is InChI=1S/C10H18FNO5/c1-5(13)12-7-9(16-3)8(15-2)6(4-11)17-10(7)14/h6-10,14H,4H2,1-3H3,(H,12,13). The number of aliphatic hydroxyl groups is 1. The third-order valence-corrected chi connectivity index (χ3v) is 2.73. The van der Waals surface area contributed by atoms with Crippen molar-refractivity contribution in [3.05, 3.63) is 0 Å². The number of alkyl halides is 1. The molecule has 17 heavy (non-hydrogen) atoms. The molecule has 0 aliphatic carbocycles. The van der Waals surface area contributed by atoms with Gasteiger partial charge in [-0.1, -0.05) is 0 Å². The molecular weight excluding hydrogens is 233 g/mol. The second-order valence-electron chi connectivity index (χ2n) is 3.85. The summed E-state index contributed by atoms with van der Waals surface area (Å²) in [6.07, 6.45) is -3.60. The summed E-state index contributed by atoms with van der Waals surface area (Å²) in [5.41, 5.74) is 0. The van der Waals surface area contributed by atoms with Crippen molar-refractivity contribution in [1.29, 1.82) is 0 Å². The van der Waals surface area contributed by atoms with Crippen molar-refractivity contribution >= 4 is 5.91 Å². The van der Waals surface area contributed by atoms with E-state index in [1.54, 1.807) is 0 Å². The van der Waals surface area contributed by atoms with E-state index in [1.165, 1.54) is 21.1 Å². The molecule has 1 amide bonds. The first-order valence-electron chi connectivity index (χ1n) is 5.27. The Morgan fingerprint density at radius 2 is 2.00 bits per heavy atom. The Morgan fingerprint density at radius 1 is 1.41 bits per heavy atom. The van der Waals surface area contributed by atoms with Gasteiger partial charge in [0.1, 0.15) is 31.0 Å². The van der Waals surface area contributed by atoms with Crippen LogP contribution in [0.25, 0.3) is 0 Å². The van der Waals surface area contributed by atoms with Crippen LogP contribution in [0.1, 0.15) is 6.92 Å². The summed E-state index contributed by atoms with van der Waals surface area (Å²) in [6.45, 7) is 0.505. The maximum absolute atomic E-state index is 12.7. The Bertz CT molecular complexity index is 265. The van der Waals surface area contributed by atoms with E-state index >= 15 is 0 Å². The molecule has 2 N–H and O–H groups in total. The number of carbonyl (C=O) groups excluding carboxylic acids is 1. The molecule has 1 fully saturated rings. The SMILES string of the molecule is COC1C(CF)OC(O)C(NC(C)=O)C1OC. The molecule has 0 aromatic rings. The van der Waals surface area contributed by atoms with Gasteiger partial charge in [0.25, 0.3) is 0 Å². The molecule has 7 heteroatoms. The van der Waals surface area contributed by atoms with E-state index in [1.807, 2.05) is 0 Å². The van der Waals surface area contributed by atoms with Gasteiger partial charge in [0, 0.05) is 21.1 Å². The lowest BCUT2D eigenvalue weighted by Gasteiger charge is -2.43. The molecule has 6 nitrogen and oxygen atoms in total. The fourth-order valence-corrected chi connectivity index (χ4v) is 2.00. The van der Waals surface area contributed by atoms with E-state index in [2.05, 4.69) is 5.32 Å². The molecule has 0 aromatic heterocycles. The lowest BCUT2D eigenvalue weighted by atomic mass is 9.96. The van der Waals surface area contributed by atoms with Crippen LogP contribution in [0.15, 0.2) is 0 Å². The Hall–Kier alpha value is -0.760. The van der Waals surface area contributed by atoms with Gasteiger partial charge in [-0.3, -0.25) is 4.79 Å². The summed E-state index contributed by atoms with van der Waals surface area (Å²) < 4.78 is 28.0. The van der Waals surface area contributed by atoms with E-state index in [-0.39, 0.29) is 5.91 Å². The number of hydrogen-bond acceptors (Lipinski definition) is 5. The van der Waals surface area contributed by atoms with E-state index in [0.717, 1.165) is 0 Å². The van der Waals surface area contributed by atoms with Crippen LogP contribution < -0.4 is 5.32 Å². The topological polar surface area (TPSA) is 77.0 Å². The van der Waals surface area contributed by atoms with E-state index < -0.39 is 37.3 Å². The number of nitrogens with one attached hydrogen (secondary N) is 1. The second kappa shape index (κ2) is 6.25. The number of rotatable bonds is 4. The molecular formula is C10H18FNO5. The number of ether oxygens (including phenoxy) is 3. The van der Waals surface area contributed by atoms with Crippen LogP contribution in [0.5, 0.6) is 0 Å². The molecule has 0 bridgehead atoms. The number of aliphatic hydroxyl groups excluding tert-OH is 1. The van der Waals surface area contributed by atoms with Crippen molar-refractivity contribution in [3.8, 4) is 0 Å². The van der Waals surface area contributed by atoms with Crippen molar-refractivity contribution in [2.75, 3.05) is 20.9 Å². The van der Waals surface area contributed by atoms with Gasteiger partial charge < -0.3 is 24.6 Å². The summed E-state index contributed by atoms with van der Waals surface area (Å²) >= 11 is 0. The predicted molar refractivity (Wildman–Crippen MR) is 56.1 cm³/mol. The Kier molecular flexibility index (Phi) is 5.26. The minimum Gasteiger partial charge on any atom is -0.376 e. The first-order valence-corrected chi connectivity index (χ1v) is 5.27. The van der Waals surface area contributed by atoms with Crippen LogP contribution in [0.4, 0.5) is 4.39 Å². The van der Waals surface area contributed by atoms with Crippen LogP contribution >= 0.6 is 0 Å². The Labute approximate surface area is 99.0 Å². The Balaban J connectivity index is 2.86. The van der Waals surface area contributed by atoms with Gasteiger partial charge in [-0.2, -0.15) is 0 Å². The minimum atomic E-state index is -1.32. The van der Waals surface area contributed by atoms with Crippen molar-refractivity contribution in [1.82, 2.24) is 5.32 Å². The highest BCUT2D eigenvalue weighted by atomic mass is 19.1. The van der Waals surface area contributed by atoms with E-state index in [9.17, 15) is 14.3 Å². The fraction of sp³-hybridized carbons (Fsp3) is 0.900. The first kappa shape index (κ1) is 14.3. The quantitative estimate of drug-likeness (QED) is 0.684. The summed E-state index contributed by atoms with van der Waals surface area (Å²) in [7, 11) is 2.80. The van der Waals surface area contributed by atoms with Gasteiger partial charge in [0.05, 0.1) is 0 Å². The number of carbonyl (C=O) groups is 1. The van der Waals surface area contributed by atoms with Gasteiger partial charge >= 0.3 is 0 Å². The molecule has 0 radical (unpaired) electrons. The molecule has 5 atom stereocenters. The normalized spacial score (nSPS) is 37.8. The lowest BCUT2D eigenvalue weighted by Crippen LogP contribution is -2.64. The van der Waals surface area contributed by atoms with Gasteiger partial charge in [-0.15, -0.1) is 0 Å². The maximum Gasteiger partial charge on any atom is 0.217 e. The van der Waals surface area contributed by atoms with Gasteiger partial charge in [-0.25, -0.2) is 4.39 Å². The zero-order valence-corrected chi connectivity index (χ0v) is 10.1. The second-order valence-corrected chi connectivity index (χ2v) is 3.85. The van der Waals surface area contributed by atoms with Gasteiger partial charge in [0.15, 0.2) is 6.29 Å². The summed E-state index contributed by atoms with van der Waals surface area (Å²) in [5, 5.41) is 12.2. The van der Waals surface area contributed by atoms with Crippen molar-refractivity contribution in [3.63, 3.8) is 0 Å². The predicted octanol–water partition coefficient (Wildman–Crippen LogP) is -0.792. The molecule has 100 valence electrons. The van der Waals surface area contributed by atoms with Crippen molar-refractivity contribution in [2.45, 2.75) is 37.6 Å². The van der Waals surface area contributed by atoms with Crippen molar-refractivity contribution < 1.29 is 28.5 Å². The zero-order valence-electron chi connectivity index (χ0n) is 10.1. The average Bonchev–Trinajstić information content (AvgIpc) is 2.30. The number of amides is 1. The largest absolute Gasteiger partial charge is 0.376 e. The van der Waals surface area contributed by atoms with E-state index in [0.29, 0.717) is 0 Å². The lowest BCUT2D eigenvalue weighted by molar-refractivity contribution is -0.259. The summed E-state index contributed by atoms with van der Waals surface area (Å²) in [6, 6.07) is -0.787. The number of hydrogen-bond donors (Lipinski definition) is 2. The molecule has 1 rings (SSSR count). The molecule has 1 aliphatic rings. The minimum absolute atomic E-state index is 0.340. The monoisotopic (exact) mass is 251 g/mol. The summed E-state index contributed by atoms with van der Waals surface area (Å²) in [5.74, 6) is -0.340. The van der Waals surface area contributed by atoms with Crippen LogP contribution in [0, 0.1) is 0 Å². The van der Waals surface area contributed by atoms with Gasteiger partial charge in [0.2, 0.25) is 5.91 Å². The van der Waals surface area contributed by atoms with Crippen molar-refractivity contribution in [2.24, 2.45) is 0 Å². The number of methoxy groups -OCH3 is 2. The molecule has 0 saturated carbocycles. The molecule has 5 unspecified atom stereocenters. The third-order valence-electron chi connectivity index (χ3n) is 2.73. The zero-order chi connectivity index (χ0) is 13.0. The van der Waals surface area contributed by atoms with Crippen LogP contribution in [-0.4, -0.2) is 62.6 Å². The smallest absolute Gasteiger partial charge is 0.217 e. The fourth-order valence-electron chi connectivity index (χ4n) is 2.00. The average molecular weight is 251 g/mol. The first-order chi connectivity index (χ1) is 8.04. The Morgan fingerprint density at radius 3 is 2.41 bits per heavy atom. The van der Waals surface area contributed by atoms with E-state index in [4.69, 9.17) is 14.2 Å². The molecule has 0 spiro atoms. The molecule has 1 aliphatic heterocycles. The van der Waals surface area contributed by atoms with Crippen LogP contribution in [0.2, 0.25) is 0 Å². The number of halogens is 1. The highest BCUT2D eigenvalue weighted by Gasteiger charge is 2.46. The van der Waals surface area contributed by atoms with Gasteiger partial charge in [-0.05, 0) is 0 Å². The molecule has 0 aromatic carbocycles.